The summed E-state index contributed by atoms with van der Waals surface area (Å²) in [5.41, 5.74) is 0.190. The van der Waals surface area contributed by atoms with Gasteiger partial charge in [0, 0.05) is 37.5 Å². The van der Waals surface area contributed by atoms with Crippen LogP contribution in [0.1, 0.15) is 90.5 Å². The topological polar surface area (TPSA) is 159 Å². The summed E-state index contributed by atoms with van der Waals surface area (Å²) in [4.78, 5) is 59.8. The first kappa shape index (κ1) is 44.2. The van der Waals surface area contributed by atoms with Crippen molar-refractivity contribution in [3.8, 4) is 0 Å². The number of benzene rings is 1. The molecular formula is C41H61N5O7S2. The molecule has 2 fully saturated rings. The maximum absolute atomic E-state index is 14.1. The number of nitrogens with one attached hydrogen (secondary N) is 3. The van der Waals surface area contributed by atoms with Gasteiger partial charge >= 0.3 is 12.2 Å². The van der Waals surface area contributed by atoms with Crippen LogP contribution in [0.5, 0.6) is 0 Å². The van der Waals surface area contributed by atoms with Crippen molar-refractivity contribution in [2.24, 2.45) is 5.92 Å². The highest BCUT2D eigenvalue weighted by molar-refractivity contribution is 7.99. The van der Waals surface area contributed by atoms with Crippen molar-refractivity contribution in [1.82, 2.24) is 25.8 Å². The van der Waals surface area contributed by atoms with E-state index in [9.17, 15) is 24.3 Å². The summed E-state index contributed by atoms with van der Waals surface area (Å²) in [5.74, 6) is 0.751. The first-order valence-electron chi connectivity index (χ1n) is 19.7. The van der Waals surface area contributed by atoms with Crippen LogP contribution in [0, 0.1) is 5.92 Å². The van der Waals surface area contributed by atoms with Crippen molar-refractivity contribution in [1.29, 1.82) is 0 Å². The molecule has 4 N–H and O–H groups in total. The SMILES string of the molecule is CSCC[C@H](NC(=O)[C@H](Cc1ccccc1)OC(=O)N1CCC(NC(=O)OC(C)(C)C)CC1)C(=O)N[C@@H](CC1CCCCC1)[C@@H](O)CCSc1ccccn1. The number of rotatable bonds is 18. The molecule has 1 saturated heterocycles. The lowest BCUT2D eigenvalue weighted by Gasteiger charge is -2.33. The first-order valence-corrected chi connectivity index (χ1v) is 22.1. The molecule has 0 spiro atoms. The number of hydrogen-bond acceptors (Lipinski definition) is 10. The molecule has 0 bridgehead atoms. The Morgan fingerprint density at radius 1 is 0.909 bits per heavy atom. The Balaban J connectivity index is 1.41. The van der Waals surface area contributed by atoms with E-state index in [0.29, 0.717) is 62.6 Å². The molecule has 4 amide bonds. The second-order valence-corrected chi connectivity index (χ2v) is 17.6. The second kappa shape index (κ2) is 22.9. The minimum Gasteiger partial charge on any atom is -0.444 e. The number of piperidine rings is 1. The molecule has 2 aromatic rings. The fraction of sp³-hybridized carbons (Fsp3) is 0.634. The number of likely N-dealkylation sites (tertiary alicyclic amines) is 1. The number of pyridine rings is 1. The van der Waals surface area contributed by atoms with E-state index in [1.807, 2.05) is 54.8 Å². The maximum Gasteiger partial charge on any atom is 0.410 e. The molecule has 1 aromatic carbocycles. The maximum atomic E-state index is 14.1. The van der Waals surface area contributed by atoms with Gasteiger partial charge < -0.3 is 35.4 Å². The summed E-state index contributed by atoms with van der Waals surface area (Å²) < 4.78 is 11.3. The number of aliphatic hydroxyl groups excluding tert-OH is 1. The van der Waals surface area contributed by atoms with Gasteiger partial charge in [-0.1, -0.05) is 68.5 Å². The lowest BCUT2D eigenvalue weighted by Crippen LogP contribution is -2.55. The molecule has 1 saturated carbocycles. The van der Waals surface area contributed by atoms with Crippen LogP contribution in [0.3, 0.4) is 0 Å². The fourth-order valence-electron chi connectivity index (χ4n) is 6.96. The molecule has 1 aromatic heterocycles. The minimum atomic E-state index is -1.19. The van der Waals surface area contributed by atoms with E-state index in [4.69, 9.17) is 9.47 Å². The third-order valence-electron chi connectivity index (χ3n) is 9.92. The summed E-state index contributed by atoms with van der Waals surface area (Å²) >= 11 is 3.14. The van der Waals surface area contributed by atoms with Gasteiger partial charge in [-0.2, -0.15) is 11.8 Å². The largest absolute Gasteiger partial charge is 0.444 e. The smallest absolute Gasteiger partial charge is 0.410 e. The Hall–Kier alpha value is -3.49. The van der Waals surface area contributed by atoms with Crippen LogP contribution < -0.4 is 16.0 Å². The van der Waals surface area contributed by atoms with Gasteiger partial charge in [0.25, 0.3) is 5.91 Å². The Kier molecular flexibility index (Phi) is 18.4. The van der Waals surface area contributed by atoms with E-state index in [1.54, 1.807) is 55.4 Å². The zero-order chi connectivity index (χ0) is 39.6. The molecule has 1 aliphatic carbocycles. The van der Waals surface area contributed by atoms with Gasteiger partial charge in [-0.05, 0) is 88.5 Å². The van der Waals surface area contributed by atoms with E-state index in [2.05, 4.69) is 20.9 Å². The highest BCUT2D eigenvalue weighted by Gasteiger charge is 2.34. The summed E-state index contributed by atoms with van der Waals surface area (Å²) in [6.45, 7) is 6.08. The van der Waals surface area contributed by atoms with Crippen LogP contribution >= 0.6 is 23.5 Å². The third kappa shape index (κ3) is 16.3. The number of carbonyl (C=O) groups is 4. The van der Waals surface area contributed by atoms with E-state index in [0.717, 1.165) is 36.3 Å². The molecule has 1 aliphatic heterocycles. The van der Waals surface area contributed by atoms with Gasteiger partial charge in [0.05, 0.1) is 17.2 Å². The van der Waals surface area contributed by atoms with E-state index in [-0.39, 0.29) is 18.4 Å². The summed E-state index contributed by atoms with van der Waals surface area (Å²) in [6, 6.07) is 13.5. The monoisotopic (exact) mass is 799 g/mol. The molecule has 2 aliphatic rings. The van der Waals surface area contributed by atoms with Crippen molar-refractivity contribution in [2.45, 2.75) is 132 Å². The second-order valence-electron chi connectivity index (χ2n) is 15.5. The van der Waals surface area contributed by atoms with Crippen LogP contribution in [0.15, 0.2) is 59.8 Å². The van der Waals surface area contributed by atoms with Crippen LogP contribution in [0.25, 0.3) is 0 Å². The number of hydrogen-bond donors (Lipinski definition) is 4. The fourth-order valence-corrected chi connectivity index (χ4v) is 8.31. The van der Waals surface area contributed by atoms with Crippen LogP contribution in [-0.4, -0.2) is 106 Å². The predicted molar refractivity (Wildman–Crippen MR) is 218 cm³/mol. The normalized spacial score (nSPS) is 17.7. The summed E-state index contributed by atoms with van der Waals surface area (Å²) in [7, 11) is 0. The molecule has 304 valence electrons. The molecule has 14 heteroatoms. The number of alkyl carbamates (subject to hydrolysis) is 1. The number of aromatic nitrogens is 1. The third-order valence-corrected chi connectivity index (χ3v) is 11.5. The number of thioether (sulfide) groups is 2. The molecule has 4 rings (SSSR count). The number of carbonyl (C=O) groups excluding carboxylic acids is 4. The minimum absolute atomic E-state index is 0.128. The average molecular weight is 800 g/mol. The van der Waals surface area contributed by atoms with Crippen molar-refractivity contribution >= 4 is 47.5 Å². The van der Waals surface area contributed by atoms with Crippen LogP contribution in [-0.2, 0) is 25.5 Å². The van der Waals surface area contributed by atoms with E-state index >= 15 is 0 Å². The lowest BCUT2D eigenvalue weighted by molar-refractivity contribution is -0.135. The molecule has 2 heterocycles. The lowest BCUT2D eigenvalue weighted by atomic mass is 9.83. The van der Waals surface area contributed by atoms with Crippen molar-refractivity contribution in [3.63, 3.8) is 0 Å². The van der Waals surface area contributed by atoms with Crippen molar-refractivity contribution in [3.05, 3.63) is 60.3 Å². The Labute approximate surface area is 335 Å². The molecule has 12 nitrogen and oxygen atoms in total. The number of aliphatic hydroxyl groups is 1. The van der Waals surface area contributed by atoms with Gasteiger partial charge in [-0.25, -0.2) is 14.6 Å². The van der Waals surface area contributed by atoms with Gasteiger partial charge in [-0.15, -0.1) is 11.8 Å². The van der Waals surface area contributed by atoms with Gasteiger partial charge in [0.15, 0.2) is 6.10 Å². The summed E-state index contributed by atoms with van der Waals surface area (Å²) in [6.07, 6.45) is 8.89. The molecular weight excluding hydrogens is 739 g/mol. The molecule has 0 unspecified atom stereocenters. The predicted octanol–water partition coefficient (Wildman–Crippen LogP) is 6.35. The molecule has 0 radical (unpaired) electrons. The van der Waals surface area contributed by atoms with Gasteiger partial charge in [0.2, 0.25) is 5.91 Å². The standard InChI is InChI=1S/C41H61N5O7S2/c1-41(2,3)53-39(50)43-31-18-23-46(24-19-31)40(51)52-35(28-30-15-9-6-10-16-30)38(49)44-32(20-25-54-4)37(48)45-33(27-29-13-7-5-8-14-29)34(47)21-26-55-36-17-11-12-22-42-36/h6,9-12,15-17,22,29,31-35,47H,5,7-8,13-14,18-21,23-28H2,1-4H3,(H,43,50)(H,44,49)(H,45,48)/t32-,33-,34-,35-/m0/s1. The van der Waals surface area contributed by atoms with E-state index in [1.165, 1.54) is 6.42 Å². The number of nitrogens with zero attached hydrogens (tertiary/aromatic N) is 2. The first-order chi connectivity index (χ1) is 26.4. The van der Waals surface area contributed by atoms with Crippen LogP contribution in [0.4, 0.5) is 9.59 Å². The number of amides is 4. The Morgan fingerprint density at radius 3 is 2.27 bits per heavy atom. The van der Waals surface area contributed by atoms with Gasteiger partial charge in [0.1, 0.15) is 11.6 Å². The average Bonchev–Trinajstić information content (AvgIpc) is 3.16. The Bertz CT molecular complexity index is 1470. The van der Waals surface area contributed by atoms with Crippen molar-refractivity contribution in [2.75, 3.05) is 30.9 Å². The molecule has 4 atom stereocenters. The van der Waals surface area contributed by atoms with Gasteiger partial charge in [-0.3, -0.25) is 9.59 Å². The molecule has 55 heavy (non-hydrogen) atoms. The van der Waals surface area contributed by atoms with Crippen molar-refractivity contribution < 1.29 is 33.8 Å². The quantitative estimate of drug-likeness (QED) is 0.125. The highest BCUT2D eigenvalue weighted by Crippen LogP contribution is 2.29. The Morgan fingerprint density at radius 2 is 1.62 bits per heavy atom. The van der Waals surface area contributed by atoms with E-state index < -0.39 is 48.0 Å². The van der Waals surface area contributed by atoms with Crippen LogP contribution in [0.2, 0.25) is 0 Å². The summed E-state index contributed by atoms with van der Waals surface area (Å²) in [5, 5.41) is 21.3. The number of ether oxygens (including phenoxy) is 2. The zero-order valence-electron chi connectivity index (χ0n) is 32.9. The highest BCUT2D eigenvalue weighted by atomic mass is 32.2. The zero-order valence-corrected chi connectivity index (χ0v) is 34.5.